The highest BCUT2D eigenvalue weighted by Gasteiger charge is 2.58. The van der Waals surface area contributed by atoms with Gasteiger partial charge in [-0.2, -0.15) is 0 Å². The molecule has 2 N–H and O–H groups in total. The molecule has 7 nitrogen and oxygen atoms in total. The lowest BCUT2D eigenvalue weighted by Crippen LogP contribution is -2.52. The van der Waals surface area contributed by atoms with Crippen molar-refractivity contribution in [3.63, 3.8) is 0 Å². The van der Waals surface area contributed by atoms with Crippen LogP contribution in [0.1, 0.15) is 56.0 Å². The van der Waals surface area contributed by atoms with Crippen molar-refractivity contribution in [3.05, 3.63) is 53.6 Å². The Morgan fingerprint density at radius 1 is 1.09 bits per heavy atom. The van der Waals surface area contributed by atoms with Gasteiger partial charge in [-0.05, 0) is 63.1 Å². The van der Waals surface area contributed by atoms with Gasteiger partial charge in [-0.1, -0.05) is 30.3 Å². The zero-order valence-electron chi connectivity index (χ0n) is 19.6. The second-order valence-electron chi connectivity index (χ2n) is 10.3. The Morgan fingerprint density at radius 2 is 1.76 bits per heavy atom. The van der Waals surface area contributed by atoms with Gasteiger partial charge in [0.15, 0.2) is 0 Å². The molecule has 0 bridgehead atoms. The molecule has 1 heterocycles. The van der Waals surface area contributed by atoms with Crippen LogP contribution in [0.15, 0.2) is 42.5 Å². The van der Waals surface area contributed by atoms with Crippen molar-refractivity contribution >= 4 is 12.1 Å². The molecule has 1 spiro atoms. The van der Waals surface area contributed by atoms with E-state index in [-0.39, 0.29) is 17.1 Å². The molecule has 2 fully saturated rings. The number of ether oxygens (including phenoxy) is 2. The number of rotatable bonds is 4. The minimum absolute atomic E-state index is 0.0639. The summed E-state index contributed by atoms with van der Waals surface area (Å²) in [4.78, 5) is 26.3. The van der Waals surface area contributed by atoms with Crippen molar-refractivity contribution in [2.24, 2.45) is 5.41 Å². The van der Waals surface area contributed by atoms with Gasteiger partial charge in [0.05, 0.1) is 18.3 Å². The van der Waals surface area contributed by atoms with Crippen LogP contribution < -0.4 is 4.74 Å². The SMILES string of the molecule is COc1cc(C2(O)CC3(CCN(C(=O)OC(C)(C)C)C3)C2)c(C(=O)O)cc1-c1ccccc1. The van der Waals surface area contributed by atoms with Crippen molar-refractivity contribution in [1.29, 1.82) is 0 Å². The predicted octanol–water partition coefficient (Wildman–Crippen LogP) is 4.67. The van der Waals surface area contributed by atoms with E-state index in [1.165, 1.54) is 7.11 Å². The minimum atomic E-state index is -1.29. The number of carboxylic acid groups (broad SMARTS) is 1. The Labute approximate surface area is 193 Å². The quantitative estimate of drug-likeness (QED) is 0.698. The van der Waals surface area contributed by atoms with Gasteiger partial charge in [-0.25, -0.2) is 9.59 Å². The molecule has 4 rings (SSSR count). The number of carbonyl (C=O) groups excluding carboxylic acids is 1. The molecule has 1 amide bonds. The third kappa shape index (κ3) is 4.42. The molecule has 0 unspecified atom stereocenters. The third-order valence-corrected chi connectivity index (χ3v) is 6.58. The van der Waals surface area contributed by atoms with Crippen molar-refractivity contribution in [1.82, 2.24) is 4.90 Å². The average Bonchev–Trinajstić information content (AvgIpc) is 3.16. The Morgan fingerprint density at radius 3 is 2.33 bits per heavy atom. The molecule has 33 heavy (non-hydrogen) atoms. The zero-order valence-corrected chi connectivity index (χ0v) is 19.6. The molecule has 2 aromatic carbocycles. The number of hydrogen-bond acceptors (Lipinski definition) is 5. The molecule has 0 atom stereocenters. The molecular weight excluding hydrogens is 422 g/mol. The summed E-state index contributed by atoms with van der Waals surface area (Å²) in [5.74, 6) is -0.585. The van der Waals surface area contributed by atoms with Gasteiger partial charge in [-0.3, -0.25) is 0 Å². The summed E-state index contributed by atoms with van der Waals surface area (Å²) in [5, 5.41) is 21.4. The maximum Gasteiger partial charge on any atom is 0.410 e. The highest BCUT2D eigenvalue weighted by atomic mass is 16.6. The van der Waals surface area contributed by atoms with Crippen LogP contribution in [0.3, 0.4) is 0 Å². The second kappa shape index (κ2) is 8.06. The van der Waals surface area contributed by atoms with E-state index in [1.54, 1.807) is 17.0 Å². The van der Waals surface area contributed by atoms with E-state index in [0.717, 1.165) is 12.0 Å². The number of aliphatic hydroxyl groups is 1. The van der Waals surface area contributed by atoms with Crippen LogP contribution in [0.4, 0.5) is 4.79 Å². The molecule has 2 aliphatic rings. The maximum atomic E-state index is 12.5. The smallest absolute Gasteiger partial charge is 0.410 e. The Bertz CT molecular complexity index is 1070. The largest absolute Gasteiger partial charge is 0.496 e. The van der Waals surface area contributed by atoms with Gasteiger partial charge in [0, 0.05) is 24.2 Å². The first-order valence-electron chi connectivity index (χ1n) is 11.2. The predicted molar refractivity (Wildman–Crippen MR) is 123 cm³/mol. The summed E-state index contributed by atoms with van der Waals surface area (Å²) in [6, 6.07) is 12.7. The van der Waals surface area contributed by atoms with Crippen LogP contribution in [0, 0.1) is 5.41 Å². The molecule has 1 aliphatic heterocycles. The number of benzene rings is 2. The summed E-state index contributed by atoms with van der Waals surface area (Å²) in [7, 11) is 1.54. The Balaban J connectivity index is 1.60. The average molecular weight is 454 g/mol. The first-order valence-corrected chi connectivity index (χ1v) is 11.2. The summed E-state index contributed by atoms with van der Waals surface area (Å²) < 4.78 is 11.1. The van der Waals surface area contributed by atoms with Crippen LogP contribution in [-0.2, 0) is 10.3 Å². The van der Waals surface area contributed by atoms with Crippen LogP contribution >= 0.6 is 0 Å². The monoisotopic (exact) mass is 453 g/mol. The van der Waals surface area contributed by atoms with Gasteiger partial charge >= 0.3 is 12.1 Å². The first-order chi connectivity index (χ1) is 15.5. The number of hydrogen-bond donors (Lipinski definition) is 2. The van der Waals surface area contributed by atoms with E-state index in [4.69, 9.17) is 9.47 Å². The van der Waals surface area contributed by atoms with E-state index in [2.05, 4.69) is 0 Å². The highest BCUT2D eigenvalue weighted by Crippen LogP contribution is 2.59. The second-order valence-corrected chi connectivity index (χ2v) is 10.3. The van der Waals surface area contributed by atoms with Gasteiger partial charge in [0.1, 0.15) is 11.4 Å². The minimum Gasteiger partial charge on any atom is -0.496 e. The number of amides is 1. The summed E-state index contributed by atoms with van der Waals surface area (Å²) in [6.45, 7) is 6.55. The van der Waals surface area contributed by atoms with Gasteiger partial charge in [0.25, 0.3) is 0 Å². The molecule has 7 heteroatoms. The van der Waals surface area contributed by atoms with Crippen molar-refractivity contribution in [3.8, 4) is 16.9 Å². The number of carboxylic acids is 1. The number of likely N-dealkylation sites (tertiary alicyclic amines) is 1. The van der Waals surface area contributed by atoms with Crippen LogP contribution in [-0.4, -0.2) is 53.0 Å². The van der Waals surface area contributed by atoms with Crippen molar-refractivity contribution < 1.29 is 29.3 Å². The fourth-order valence-corrected chi connectivity index (χ4v) is 5.24. The van der Waals surface area contributed by atoms with Crippen molar-refractivity contribution in [2.45, 2.75) is 51.2 Å². The molecule has 1 aliphatic carbocycles. The standard InChI is InChI=1S/C26H31NO6/c1-24(2,3)33-23(30)27-11-10-25(16-27)14-26(31,15-25)20-13-21(32-4)18(12-19(20)22(28)29)17-8-6-5-7-9-17/h5-9,12-13,31H,10-11,14-16H2,1-4H3,(H,28,29). The summed E-state index contributed by atoms with van der Waals surface area (Å²) in [6.07, 6.45) is 1.16. The zero-order chi connectivity index (χ0) is 24.0. The van der Waals surface area contributed by atoms with Crippen LogP contribution in [0.2, 0.25) is 0 Å². The molecule has 1 saturated carbocycles. The van der Waals surface area contributed by atoms with Gasteiger partial charge in [-0.15, -0.1) is 0 Å². The molecular formula is C26H31NO6. The molecule has 0 radical (unpaired) electrons. The van der Waals surface area contributed by atoms with Crippen molar-refractivity contribution in [2.75, 3.05) is 20.2 Å². The maximum absolute atomic E-state index is 12.5. The van der Waals surface area contributed by atoms with E-state index in [0.29, 0.717) is 42.8 Å². The number of aromatic carboxylic acids is 1. The van der Waals surface area contributed by atoms with E-state index < -0.39 is 17.2 Å². The molecule has 1 saturated heterocycles. The van der Waals surface area contributed by atoms with E-state index in [1.807, 2.05) is 51.1 Å². The summed E-state index contributed by atoms with van der Waals surface area (Å²) >= 11 is 0. The normalized spacial score (nSPS) is 24.5. The molecule has 2 aromatic rings. The number of nitrogens with zero attached hydrogens (tertiary/aromatic N) is 1. The third-order valence-electron chi connectivity index (χ3n) is 6.58. The topological polar surface area (TPSA) is 96.3 Å². The fourth-order valence-electron chi connectivity index (χ4n) is 5.24. The first kappa shape index (κ1) is 23.1. The molecule has 0 aromatic heterocycles. The van der Waals surface area contributed by atoms with E-state index in [9.17, 15) is 19.8 Å². The summed E-state index contributed by atoms with van der Waals surface area (Å²) in [5.41, 5.74) is -0.187. The lowest BCUT2D eigenvalue weighted by molar-refractivity contribution is -0.130. The fraction of sp³-hybridized carbons (Fsp3) is 0.462. The Kier molecular flexibility index (Phi) is 5.65. The van der Waals surface area contributed by atoms with Crippen LogP contribution in [0.25, 0.3) is 11.1 Å². The van der Waals surface area contributed by atoms with Gasteiger partial charge < -0.3 is 24.6 Å². The molecule has 176 valence electrons. The number of methoxy groups -OCH3 is 1. The van der Waals surface area contributed by atoms with Crippen LogP contribution in [0.5, 0.6) is 5.75 Å². The lowest BCUT2D eigenvalue weighted by atomic mass is 9.56. The Hall–Kier alpha value is -3.06. The number of carbonyl (C=O) groups is 2. The van der Waals surface area contributed by atoms with Gasteiger partial charge in [0.2, 0.25) is 0 Å². The van der Waals surface area contributed by atoms with E-state index >= 15 is 0 Å². The lowest BCUT2D eigenvalue weighted by Gasteiger charge is -2.52. The highest BCUT2D eigenvalue weighted by molar-refractivity contribution is 5.93.